The standard InChI is InChI=1S/C32H33N2/c1-8-32(9-2)23(7)33-18-28(29-21(5)15-20(4)16-22(29)6)34-27-17-19(3)13-14-24(27)25-11-10-12-26(32)30(25)31(33)34/h10-18H,7-9H2,1-6H3/q+1. The first-order valence-corrected chi connectivity index (χ1v) is 12.5. The van der Waals surface area contributed by atoms with Crippen molar-refractivity contribution in [2.45, 2.75) is 59.8 Å². The largest absolute Gasteiger partial charge is 0.300 e. The van der Waals surface area contributed by atoms with Crippen molar-refractivity contribution in [3.63, 3.8) is 0 Å². The lowest BCUT2D eigenvalue weighted by Gasteiger charge is -2.35. The molecule has 3 heterocycles. The third kappa shape index (κ3) is 2.49. The number of allylic oxidation sites excluding steroid dienone is 1. The van der Waals surface area contributed by atoms with Crippen molar-refractivity contribution in [2.24, 2.45) is 0 Å². The van der Waals surface area contributed by atoms with Crippen molar-refractivity contribution in [3.8, 4) is 11.3 Å². The van der Waals surface area contributed by atoms with Gasteiger partial charge in [0.2, 0.25) is 0 Å². The van der Waals surface area contributed by atoms with Crippen LogP contribution in [0.25, 0.3) is 44.3 Å². The Morgan fingerprint density at radius 1 is 0.853 bits per heavy atom. The van der Waals surface area contributed by atoms with Gasteiger partial charge in [-0.15, -0.1) is 0 Å². The number of nitrogens with zero attached hydrogens (tertiary/aromatic N) is 2. The number of fused-ring (bicyclic) bond motifs is 3. The van der Waals surface area contributed by atoms with Gasteiger partial charge in [-0.1, -0.05) is 62.4 Å². The van der Waals surface area contributed by atoms with Gasteiger partial charge in [0, 0.05) is 16.3 Å². The van der Waals surface area contributed by atoms with Crippen LogP contribution in [0.3, 0.4) is 0 Å². The van der Waals surface area contributed by atoms with Crippen LogP contribution >= 0.6 is 0 Å². The van der Waals surface area contributed by atoms with E-state index >= 15 is 0 Å². The Morgan fingerprint density at radius 3 is 2.24 bits per heavy atom. The molecule has 0 bridgehead atoms. The summed E-state index contributed by atoms with van der Waals surface area (Å²) < 4.78 is 4.93. The molecule has 5 aromatic rings. The summed E-state index contributed by atoms with van der Waals surface area (Å²) in [6.07, 6.45) is 4.43. The van der Waals surface area contributed by atoms with Crippen LogP contribution in [0.4, 0.5) is 0 Å². The number of pyridine rings is 1. The van der Waals surface area contributed by atoms with E-state index in [-0.39, 0.29) is 5.41 Å². The van der Waals surface area contributed by atoms with Crippen LogP contribution in [-0.4, -0.2) is 4.57 Å². The third-order valence-corrected chi connectivity index (χ3v) is 8.40. The Hall–Kier alpha value is -3.39. The fourth-order valence-electron chi connectivity index (χ4n) is 6.80. The maximum Gasteiger partial charge on any atom is 0.300 e. The number of benzene rings is 3. The molecule has 1 aliphatic rings. The van der Waals surface area contributed by atoms with Gasteiger partial charge in [-0.3, -0.25) is 0 Å². The van der Waals surface area contributed by atoms with Crippen LogP contribution in [0, 0.1) is 27.7 Å². The molecule has 0 unspecified atom stereocenters. The van der Waals surface area contributed by atoms with E-state index in [0.29, 0.717) is 0 Å². The SMILES string of the molecule is C=C1n2cc(-c3c(C)cc(C)cc3C)[n+]3c4cc(C)ccc4c4cccc(c4c23)C1(CC)CC. The van der Waals surface area contributed by atoms with Crippen LogP contribution in [0.15, 0.2) is 61.3 Å². The van der Waals surface area contributed by atoms with E-state index in [1.165, 1.54) is 72.1 Å². The molecule has 0 amide bonds. The maximum absolute atomic E-state index is 4.73. The number of hydrogen-bond acceptors (Lipinski definition) is 0. The molecule has 0 spiro atoms. The molecule has 0 saturated heterocycles. The van der Waals surface area contributed by atoms with Gasteiger partial charge in [0.1, 0.15) is 17.4 Å². The third-order valence-electron chi connectivity index (χ3n) is 8.40. The first kappa shape index (κ1) is 21.2. The maximum atomic E-state index is 4.73. The van der Waals surface area contributed by atoms with Gasteiger partial charge in [-0.2, -0.15) is 8.97 Å². The molecule has 2 aromatic heterocycles. The number of aryl methyl sites for hydroxylation is 4. The van der Waals surface area contributed by atoms with Gasteiger partial charge >= 0.3 is 5.65 Å². The molecule has 0 atom stereocenters. The Kier molecular flexibility index (Phi) is 4.39. The average Bonchev–Trinajstić information content (AvgIpc) is 3.20. The van der Waals surface area contributed by atoms with Crippen LogP contribution < -0.4 is 4.40 Å². The fourth-order valence-corrected chi connectivity index (χ4v) is 6.80. The van der Waals surface area contributed by atoms with E-state index in [0.717, 1.165) is 12.8 Å². The highest BCUT2D eigenvalue weighted by atomic mass is 15.1. The summed E-state index contributed by atoms with van der Waals surface area (Å²) in [5.74, 6) is 0. The Balaban J connectivity index is 1.94. The molecule has 0 N–H and O–H groups in total. The van der Waals surface area contributed by atoms with Crippen LogP contribution in [-0.2, 0) is 5.41 Å². The normalized spacial score (nSPS) is 14.7. The quantitative estimate of drug-likeness (QED) is 0.197. The van der Waals surface area contributed by atoms with Gasteiger partial charge < -0.3 is 0 Å². The zero-order valence-corrected chi connectivity index (χ0v) is 21.2. The minimum atomic E-state index is -0.0635. The summed E-state index contributed by atoms with van der Waals surface area (Å²) in [5, 5.41) is 4.04. The number of hydrogen-bond donors (Lipinski definition) is 0. The molecule has 2 heteroatoms. The summed E-state index contributed by atoms with van der Waals surface area (Å²) in [4.78, 5) is 0. The van der Waals surface area contributed by atoms with E-state index < -0.39 is 0 Å². The summed E-state index contributed by atoms with van der Waals surface area (Å²) in [7, 11) is 0. The lowest BCUT2D eigenvalue weighted by Crippen LogP contribution is -2.34. The van der Waals surface area contributed by atoms with Crippen molar-refractivity contribution < 1.29 is 4.40 Å². The first-order chi connectivity index (χ1) is 16.3. The van der Waals surface area contributed by atoms with Gasteiger partial charge in [-0.25, -0.2) is 0 Å². The zero-order chi connectivity index (χ0) is 23.9. The highest BCUT2D eigenvalue weighted by Crippen LogP contribution is 2.49. The highest BCUT2D eigenvalue weighted by Gasteiger charge is 2.44. The average molecular weight is 446 g/mol. The van der Waals surface area contributed by atoms with E-state index in [4.69, 9.17) is 6.58 Å². The molecular formula is C32H33N2+. The molecule has 0 aliphatic carbocycles. The second-order valence-electron chi connectivity index (χ2n) is 10.3. The molecule has 3 aromatic carbocycles. The Bertz CT molecular complexity index is 1650. The van der Waals surface area contributed by atoms with Crippen molar-refractivity contribution in [3.05, 3.63) is 89.1 Å². The topological polar surface area (TPSA) is 9.03 Å². The van der Waals surface area contributed by atoms with Crippen LogP contribution in [0.1, 0.15) is 54.5 Å². The van der Waals surface area contributed by atoms with Crippen molar-refractivity contribution >= 4 is 33.0 Å². The van der Waals surface area contributed by atoms with Gasteiger partial charge in [0.25, 0.3) is 0 Å². The van der Waals surface area contributed by atoms with E-state index in [1.807, 2.05) is 0 Å². The monoisotopic (exact) mass is 445 g/mol. The van der Waals surface area contributed by atoms with Gasteiger partial charge in [0.05, 0.1) is 10.8 Å². The Labute approximate surface area is 202 Å². The molecule has 0 fully saturated rings. The summed E-state index contributed by atoms with van der Waals surface area (Å²) in [6.45, 7) is 18.2. The predicted molar refractivity (Wildman–Crippen MR) is 145 cm³/mol. The lowest BCUT2D eigenvalue weighted by atomic mass is 9.70. The van der Waals surface area contributed by atoms with Crippen molar-refractivity contribution in [2.75, 3.05) is 0 Å². The van der Waals surface area contributed by atoms with Crippen LogP contribution in [0.2, 0.25) is 0 Å². The second-order valence-corrected chi connectivity index (χ2v) is 10.3. The smallest absolute Gasteiger partial charge is 0.198 e. The lowest BCUT2D eigenvalue weighted by molar-refractivity contribution is -0.466. The second kappa shape index (κ2) is 7.06. The zero-order valence-electron chi connectivity index (χ0n) is 21.2. The fraction of sp³-hybridized carbons (Fsp3) is 0.281. The molecule has 6 rings (SSSR count). The molecule has 0 radical (unpaired) electrons. The highest BCUT2D eigenvalue weighted by molar-refractivity contribution is 6.13. The van der Waals surface area contributed by atoms with Gasteiger partial charge in [-0.05, 0) is 74.9 Å². The molecule has 34 heavy (non-hydrogen) atoms. The van der Waals surface area contributed by atoms with Crippen molar-refractivity contribution in [1.29, 1.82) is 0 Å². The molecule has 2 nitrogen and oxygen atoms in total. The Morgan fingerprint density at radius 2 is 1.56 bits per heavy atom. The van der Waals surface area contributed by atoms with Crippen LogP contribution in [0.5, 0.6) is 0 Å². The minimum absolute atomic E-state index is 0.0635. The molecule has 0 saturated carbocycles. The molecular weight excluding hydrogens is 412 g/mol. The number of imidazole rings is 1. The van der Waals surface area contributed by atoms with E-state index in [2.05, 4.69) is 105 Å². The van der Waals surface area contributed by atoms with E-state index in [9.17, 15) is 0 Å². The first-order valence-electron chi connectivity index (χ1n) is 12.5. The summed E-state index contributed by atoms with van der Waals surface area (Å²) in [6, 6.07) is 18.4. The molecule has 1 aliphatic heterocycles. The summed E-state index contributed by atoms with van der Waals surface area (Å²) in [5.41, 5.74) is 12.9. The van der Waals surface area contributed by atoms with Crippen molar-refractivity contribution in [1.82, 2.24) is 4.57 Å². The number of rotatable bonds is 3. The molecule has 170 valence electrons. The van der Waals surface area contributed by atoms with E-state index in [1.54, 1.807) is 0 Å². The summed E-state index contributed by atoms with van der Waals surface area (Å²) >= 11 is 0. The number of aromatic nitrogens is 2. The minimum Gasteiger partial charge on any atom is -0.198 e. The predicted octanol–water partition coefficient (Wildman–Crippen LogP) is 7.98. The van der Waals surface area contributed by atoms with Gasteiger partial charge in [0.15, 0.2) is 5.69 Å².